The van der Waals surface area contributed by atoms with E-state index in [0.29, 0.717) is 24.5 Å². The van der Waals surface area contributed by atoms with Gasteiger partial charge in [-0.2, -0.15) is 0 Å². The number of oxazole rings is 1. The molecule has 0 unspecified atom stereocenters. The van der Waals surface area contributed by atoms with Crippen LogP contribution in [0.15, 0.2) is 34.9 Å². The van der Waals surface area contributed by atoms with Gasteiger partial charge in [-0.3, -0.25) is 4.90 Å². The Morgan fingerprint density at radius 2 is 2.09 bits per heavy atom. The average Bonchev–Trinajstić information content (AvgIpc) is 2.86. The summed E-state index contributed by atoms with van der Waals surface area (Å²) in [6, 6.07) is 6.23. The Morgan fingerprint density at radius 1 is 1.36 bits per heavy atom. The first-order valence-corrected chi connectivity index (χ1v) is 6.98. The summed E-state index contributed by atoms with van der Waals surface area (Å²) in [6.45, 7) is 6.42. The fourth-order valence-corrected chi connectivity index (χ4v) is 2.26. The number of nitrogens with two attached hydrogens (primary N) is 1. The first kappa shape index (κ1) is 18.6. The number of halogens is 2. The van der Waals surface area contributed by atoms with Gasteiger partial charge in [0.05, 0.1) is 5.69 Å². The molecule has 0 spiro atoms. The second-order valence-electron chi connectivity index (χ2n) is 6.19. The van der Waals surface area contributed by atoms with Crippen molar-refractivity contribution in [3.8, 4) is 11.5 Å². The van der Waals surface area contributed by atoms with Crippen molar-refractivity contribution in [1.29, 1.82) is 0 Å². The van der Waals surface area contributed by atoms with Crippen LogP contribution in [0.3, 0.4) is 0 Å². The van der Waals surface area contributed by atoms with Crippen LogP contribution in [0.4, 0.5) is 4.39 Å². The van der Waals surface area contributed by atoms with Gasteiger partial charge in [-0.05, 0) is 37.2 Å². The van der Waals surface area contributed by atoms with Gasteiger partial charge >= 0.3 is 0 Å². The van der Waals surface area contributed by atoms with Crippen molar-refractivity contribution in [1.82, 2.24) is 9.88 Å². The summed E-state index contributed by atoms with van der Waals surface area (Å²) in [5.74, 6) is 0.144. The molecule has 0 bridgehead atoms. The normalized spacial score (nSPS) is 11.5. The third-order valence-electron chi connectivity index (χ3n) is 3.31. The van der Waals surface area contributed by atoms with E-state index in [1.807, 2.05) is 7.05 Å². The lowest BCUT2D eigenvalue weighted by atomic mass is 9.93. The predicted octanol–water partition coefficient (Wildman–Crippen LogP) is 3.32. The SMILES string of the molecule is CN(Cc1coc(-c2cccc(F)c2)n1)CC(C)(C)CN.Cl. The highest BCUT2D eigenvalue weighted by Gasteiger charge is 2.19. The van der Waals surface area contributed by atoms with Crippen LogP contribution in [0.25, 0.3) is 11.5 Å². The molecule has 0 atom stereocenters. The fourth-order valence-electron chi connectivity index (χ4n) is 2.26. The molecule has 6 heteroatoms. The Kier molecular flexibility index (Phi) is 6.53. The van der Waals surface area contributed by atoms with Crippen molar-refractivity contribution >= 4 is 12.4 Å². The summed E-state index contributed by atoms with van der Waals surface area (Å²) in [5.41, 5.74) is 7.27. The maximum atomic E-state index is 13.2. The van der Waals surface area contributed by atoms with E-state index in [9.17, 15) is 4.39 Å². The van der Waals surface area contributed by atoms with E-state index >= 15 is 0 Å². The van der Waals surface area contributed by atoms with Crippen LogP contribution in [-0.4, -0.2) is 30.0 Å². The molecule has 1 heterocycles. The fraction of sp³-hybridized carbons (Fsp3) is 0.438. The standard InChI is InChI=1S/C16H22FN3O.ClH/c1-16(2,10-18)11-20(3)8-14-9-21-15(19-14)12-5-4-6-13(17)7-12;/h4-7,9H,8,10-11,18H2,1-3H3;1H. The van der Waals surface area contributed by atoms with E-state index in [4.69, 9.17) is 10.2 Å². The summed E-state index contributed by atoms with van der Waals surface area (Å²) < 4.78 is 18.6. The Bertz CT molecular complexity index is 601. The van der Waals surface area contributed by atoms with Crippen LogP contribution >= 0.6 is 12.4 Å². The van der Waals surface area contributed by atoms with Gasteiger partial charge in [0.2, 0.25) is 5.89 Å². The average molecular weight is 328 g/mol. The quantitative estimate of drug-likeness (QED) is 0.884. The van der Waals surface area contributed by atoms with Crippen molar-refractivity contribution in [2.45, 2.75) is 20.4 Å². The zero-order valence-corrected chi connectivity index (χ0v) is 14.0. The van der Waals surface area contributed by atoms with Gasteiger partial charge < -0.3 is 10.2 Å². The van der Waals surface area contributed by atoms with Gasteiger partial charge in [0.25, 0.3) is 0 Å². The largest absolute Gasteiger partial charge is 0.444 e. The Hall–Kier alpha value is -1.43. The van der Waals surface area contributed by atoms with Crippen molar-refractivity contribution in [3.63, 3.8) is 0 Å². The number of hydrogen-bond donors (Lipinski definition) is 1. The van der Waals surface area contributed by atoms with Crippen molar-refractivity contribution in [2.75, 3.05) is 20.1 Å². The number of nitrogens with zero attached hydrogens (tertiary/aromatic N) is 2. The summed E-state index contributed by atoms with van der Waals surface area (Å²) in [5, 5.41) is 0. The van der Waals surface area contributed by atoms with Crippen molar-refractivity contribution in [3.05, 3.63) is 42.0 Å². The molecular weight excluding hydrogens is 305 g/mol. The highest BCUT2D eigenvalue weighted by molar-refractivity contribution is 5.85. The van der Waals surface area contributed by atoms with E-state index < -0.39 is 0 Å². The molecule has 2 aromatic rings. The van der Waals surface area contributed by atoms with Crippen molar-refractivity contribution in [2.24, 2.45) is 11.1 Å². The van der Waals surface area contributed by atoms with E-state index in [0.717, 1.165) is 12.2 Å². The maximum absolute atomic E-state index is 13.2. The second kappa shape index (κ2) is 7.72. The molecule has 0 saturated heterocycles. The van der Waals surface area contributed by atoms with Gasteiger partial charge in [-0.15, -0.1) is 12.4 Å². The van der Waals surface area contributed by atoms with Gasteiger partial charge in [-0.25, -0.2) is 9.37 Å². The predicted molar refractivity (Wildman–Crippen MR) is 88.3 cm³/mol. The molecule has 0 radical (unpaired) electrons. The Labute approximate surface area is 136 Å². The van der Waals surface area contributed by atoms with Crippen LogP contribution in [0.5, 0.6) is 0 Å². The zero-order chi connectivity index (χ0) is 15.5. The molecule has 0 aliphatic heterocycles. The third kappa shape index (κ3) is 5.09. The number of aromatic nitrogens is 1. The number of hydrogen-bond acceptors (Lipinski definition) is 4. The molecule has 0 amide bonds. The summed E-state index contributed by atoms with van der Waals surface area (Å²) in [4.78, 5) is 6.56. The molecule has 1 aromatic carbocycles. The maximum Gasteiger partial charge on any atom is 0.226 e. The van der Waals surface area contributed by atoms with Gasteiger partial charge in [0, 0.05) is 18.7 Å². The minimum absolute atomic E-state index is 0. The van der Waals surface area contributed by atoms with Crippen LogP contribution in [-0.2, 0) is 6.54 Å². The molecule has 0 aliphatic carbocycles. The van der Waals surface area contributed by atoms with E-state index in [-0.39, 0.29) is 23.6 Å². The smallest absolute Gasteiger partial charge is 0.226 e. The summed E-state index contributed by atoms with van der Waals surface area (Å²) in [7, 11) is 2.02. The molecule has 0 fully saturated rings. The molecule has 0 aliphatic rings. The zero-order valence-electron chi connectivity index (χ0n) is 13.2. The van der Waals surface area contributed by atoms with E-state index in [1.165, 1.54) is 12.1 Å². The minimum atomic E-state index is -0.297. The summed E-state index contributed by atoms with van der Waals surface area (Å²) >= 11 is 0. The molecule has 1 aromatic heterocycles. The molecule has 22 heavy (non-hydrogen) atoms. The van der Waals surface area contributed by atoms with Crippen LogP contribution in [0.2, 0.25) is 0 Å². The van der Waals surface area contributed by atoms with Gasteiger partial charge in [0.15, 0.2) is 0 Å². The van der Waals surface area contributed by atoms with Gasteiger partial charge in [-0.1, -0.05) is 19.9 Å². The molecule has 4 nitrogen and oxygen atoms in total. The third-order valence-corrected chi connectivity index (χ3v) is 3.31. The topological polar surface area (TPSA) is 55.3 Å². The number of rotatable bonds is 6. The molecule has 122 valence electrons. The van der Waals surface area contributed by atoms with E-state index in [2.05, 4.69) is 23.7 Å². The van der Waals surface area contributed by atoms with E-state index in [1.54, 1.807) is 18.4 Å². The van der Waals surface area contributed by atoms with Gasteiger partial charge in [0.1, 0.15) is 12.1 Å². The molecule has 2 N–H and O–H groups in total. The summed E-state index contributed by atoms with van der Waals surface area (Å²) in [6.07, 6.45) is 1.62. The lowest BCUT2D eigenvalue weighted by Crippen LogP contribution is -2.36. The highest BCUT2D eigenvalue weighted by atomic mass is 35.5. The highest BCUT2D eigenvalue weighted by Crippen LogP contribution is 2.21. The monoisotopic (exact) mass is 327 g/mol. The number of benzene rings is 1. The second-order valence-corrected chi connectivity index (χ2v) is 6.19. The van der Waals surface area contributed by atoms with Crippen molar-refractivity contribution < 1.29 is 8.81 Å². The van der Waals surface area contributed by atoms with Crippen LogP contribution in [0.1, 0.15) is 19.5 Å². The molecular formula is C16H23ClFN3O. The lowest BCUT2D eigenvalue weighted by molar-refractivity contribution is 0.208. The molecule has 2 rings (SSSR count). The van der Waals surface area contributed by atoms with Crippen LogP contribution in [0, 0.1) is 11.2 Å². The first-order chi connectivity index (χ1) is 9.89. The lowest BCUT2D eigenvalue weighted by Gasteiger charge is -2.28. The Morgan fingerprint density at radius 3 is 2.73 bits per heavy atom. The Balaban J connectivity index is 0.00000242. The minimum Gasteiger partial charge on any atom is -0.444 e. The molecule has 0 saturated carbocycles. The van der Waals surface area contributed by atoms with Crippen LogP contribution < -0.4 is 5.73 Å². The first-order valence-electron chi connectivity index (χ1n) is 6.98.